The molecule has 2 heterocycles. The van der Waals surface area contributed by atoms with Gasteiger partial charge >= 0.3 is 0 Å². The molecular weight excluding hydrogens is 302 g/mol. The van der Waals surface area contributed by atoms with Gasteiger partial charge in [-0.1, -0.05) is 12.1 Å². The Bertz CT molecular complexity index is 843. The van der Waals surface area contributed by atoms with E-state index in [4.69, 9.17) is 9.72 Å². The van der Waals surface area contributed by atoms with Crippen molar-refractivity contribution >= 4 is 16.9 Å². The van der Waals surface area contributed by atoms with Gasteiger partial charge in [-0.2, -0.15) is 0 Å². The van der Waals surface area contributed by atoms with E-state index in [1.54, 1.807) is 7.11 Å². The number of hydrogen-bond donors (Lipinski definition) is 1. The van der Waals surface area contributed by atoms with Crippen LogP contribution >= 0.6 is 0 Å². The summed E-state index contributed by atoms with van der Waals surface area (Å²) in [7, 11) is 1.64. The van der Waals surface area contributed by atoms with E-state index >= 15 is 0 Å². The van der Waals surface area contributed by atoms with E-state index in [0.717, 1.165) is 34.9 Å². The molecule has 0 aliphatic heterocycles. The molecule has 0 fully saturated rings. The second-order valence-electron chi connectivity index (χ2n) is 5.81. The normalized spacial score (nSPS) is 12.5. The molecule has 0 aliphatic carbocycles. The zero-order valence-electron chi connectivity index (χ0n) is 14.6. The molecule has 1 unspecified atom stereocenters. The van der Waals surface area contributed by atoms with Crippen LogP contribution in [0.1, 0.15) is 37.2 Å². The van der Waals surface area contributed by atoms with E-state index in [9.17, 15) is 0 Å². The molecule has 0 saturated heterocycles. The minimum Gasteiger partial charge on any atom is -0.377 e. The number of para-hydroxylation sites is 2. The van der Waals surface area contributed by atoms with Crippen LogP contribution in [0.2, 0.25) is 0 Å². The number of ether oxygens (including phenoxy) is 1. The number of nitrogens with zero attached hydrogens (tertiary/aromatic N) is 4. The number of fused-ring (bicyclic) bond motifs is 1. The number of imidazole rings is 1. The van der Waals surface area contributed by atoms with Crippen molar-refractivity contribution in [2.24, 2.45) is 0 Å². The summed E-state index contributed by atoms with van der Waals surface area (Å²) in [6.45, 7) is 7.46. The third-order valence-corrected chi connectivity index (χ3v) is 3.93. The SMILES string of the molecule is CCn1c(C(C)Nc2cc(C)nc(COC)n2)nc2ccccc21. The Labute approximate surface area is 141 Å². The Morgan fingerprint density at radius 2 is 2.00 bits per heavy atom. The van der Waals surface area contributed by atoms with E-state index in [1.165, 1.54) is 0 Å². The summed E-state index contributed by atoms with van der Waals surface area (Å²) >= 11 is 0. The highest BCUT2D eigenvalue weighted by atomic mass is 16.5. The van der Waals surface area contributed by atoms with E-state index in [2.05, 4.69) is 39.8 Å². The predicted octanol–water partition coefficient (Wildman–Crippen LogP) is 3.47. The molecule has 0 spiro atoms. The van der Waals surface area contributed by atoms with E-state index in [-0.39, 0.29) is 6.04 Å². The standard InChI is InChI=1S/C18H23N5O/c1-5-23-15-9-7-6-8-14(15)21-18(23)13(3)20-16-10-12(2)19-17(22-16)11-24-4/h6-10,13H,5,11H2,1-4H3,(H,19,20,22). The third kappa shape index (κ3) is 3.23. The fourth-order valence-electron chi connectivity index (χ4n) is 2.94. The first-order valence-corrected chi connectivity index (χ1v) is 8.17. The molecule has 3 rings (SSSR count). The van der Waals surface area contributed by atoms with Crippen LogP contribution in [0.3, 0.4) is 0 Å². The maximum Gasteiger partial charge on any atom is 0.156 e. The lowest BCUT2D eigenvalue weighted by Gasteiger charge is -2.16. The second-order valence-corrected chi connectivity index (χ2v) is 5.81. The molecule has 3 aromatic rings. The van der Waals surface area contributed by atoms with Crippen molar-refractivity contribution in [3.63, 3.8) is 0 Å². The van der Waals surface area contributed by atoms with Crippen LogP contribution in [0.5, 0.6) is 0 Å². The lowest BCUT2D eigenvalue weighted by atomic mass is 10.3. The largest absolute Gasteiger partial charge is 0.377 e. The van der Waals surface area contributed by atoms with Gasteiger partial charge in [-0.25, -0.2) is 15.0 Å². The van der Waals surface area contributed by atoms with Gasteiger partial charge in [0.05, 0.1) is 17.1 Å². The van der Waals surface area contributed by atoms with E-state index < -0.39 is 0 Å². The van der Waals surface area contributed by atoms with Crippen molar-refractivity contribution in [1.82, 2.24) is 19.5 Å². The number of aryl methyl sites for hydroxylation is 2. The van der Waals surface area contributed by atoms with Gasteiger partial charge in [-0.15, -0.1) is 0 Å². The summed E-state index contributed by atoms with van der Waals surface area (Å²) in [4.78, 5) is 13.7. The highest BCUT2D eigenvalue weighted by molar-refractivity contribution is 5.76. The highest BCUT2D eigenvalue weighted by Crippen LogP contribution is 2.23. The average molecular weight is 325 g/mol. The van der Waals surface area contributed by atoms with Gasteiger partial charge in [0, 0.05) is 25.4 Å². The van der Waals surface area contributed by atoms with Crippen molar-refractivity contribution in [2.45, 2.75) is 40.0 Å². The summed E-state index contributed by atoms with van der Waals surface area (Å²) in [5.74, 6) is 2.47. The molecule has 1 aromatic carbocycles. The van der Waals surface area contributed by atoms with Crippen LogP contribution < -0.4 is 5.32 Å². The monoisotopic (exact) mass is 325 g/mol. The predicted molar refractivity (Wildman–Crippen MR) is 94.9 cm³/mol. The third-order valence-electron chi connectivity index (χ3n) is 3.93. The molecule has 1 atom stereocenters. The Hall–Kier alpha value is -2.47. The Morgan fingerprint density at radius 1 is 1.21 bits per heavy atom. The summed E-state index contributed by atoms with van der Waals surface area (Å²) in [6, 6.07) is 10.2. The first kappa shape index (κ1) is 16.4. The van der Waals surface area contributed by atoms with Gasteiger partial charge in [0.25, 0.3) is 0 Å². The fourth-order valence-corrected chi connectivity index (χ4v) is 2.94. The molecule has 126 valence electrons. The van der Waals surface area contributed by atoms with E-state index in [0.29, 0.717) is 12.4 Å². The van der Waals surface area contributed by atoms with Crippen LogP contribution in [0, 0.1) is 6.92 Å². The number of methoxy groups -OCH3 is 1. The minimum absolute atomic E-state index is 0.0297. The van der Waals surface area contributed by atoms with Crippen LogP contribution in [0.25, 0.3) is 11.0 Å². The van der Waals surface area contributed by atoms with Crippen molar-refractivity contribution < 1.29 is 4.74 Å². The van der Waals surface area contributed by atoms with Gasteiger partial charge in [0.1, 0.15) is 18.2 Å². The molecule has 1 N–H and O–H groups in total. The Morgan fingerprint density at radius 3 is 2.75 bits per heavy atom. The first-order valence-electron chi connectivity index (χ1n) is 8.17. The lowest BCUT2D eigenvalue weighted by molar-refractivity contribution is 0.177. The molecule has 2 aromatic heterocycles. The van der Waals surface area contributed by atoms with Gasteiger partial charge in [0.2, 0.25) is 0 Å². The Kier molecular flexibility index (Phi) is 4.76. The molecule has 6 nitrogen and oxygen atoms in total. The molecule has 0 aliphatic rings. The number of rotatable bonds is 6. The van der Waals surface area contributed by atoms with Crippen LogP contribution in [-0.4, -0.2) is 26.6 Å². The maximum absolute atomic E-state index is 5.13. The van der Waals surface area contributed by atoms with Crippen molar-refractivity contribution in [3.05, 3.63) is 47.7 Å². The molecular formula is C18H23N5O. The van der Waals surface area contributed by atoms with Crippen LogP contribution in [0.4, 0.5) is 5.82 Å². The van der Waals surface area contributed by atoms with Crippen molar-refractivity contribution in [1.29, 1.82) is 0 Å². The Balaban J connectivity index is 1.91. The number of nitrogens with one attached hydrogen (secondary N) is 1. The molecule has 0 radical (unpaired) electrons. The lowest BCUT2D eigenvalue weighted by Crippen LogP contribution is -2.15. The first-order chi connectivity index (χ1) is 11.6. The molecule has 0 amide bonds. The molecule has 0 saturated carbocycles. The topological polar surface area (TPSA) is 64.9 Å². The van der Waals surface area contributed by atoms with Gasteiger partial charge in [-0.3, -0.25) is 0 Å². The number of hydrogen-bond acceptors (Lipinski definition) is 5. The van der Waals surface area contributed by atoms with Crippen molar-refractivity contribution in [2.75, 3.05) is 12.4 Å². The van der Waals surface area contributed by atoms with Crippen LogP contribution in [0.15, 0.2) is 30.3 Å². The second kappa shape index (κ2) is 6.97. The van der Waals surface area contributed by atoms with E-state index in [1.807, 2.05) is 31.2 Å². The molecule has 6 heteroatoms. The summed E-state index contributed by atoms with van der Waals surface area (Å²) in [6.07, 6.45) is 0. The van der Waals surface area contributed by atoms with Crippen LogP contribution in [-0.2, 0) is 17.9 Å². The zero-order valence-corrected chi connectivity index (χ0v) is 14.6. The maximum atomic E-state index is 5.13. The highest BCUT2D eigenvalue weighted by Gasteiger charge is 2.16. The quantitative estimate of drug-likeness (QED) is 0.752. The van der Waals surface area contributed by atoms with Gasteiger partial charge in [0.15, 0.2) is 5.82 Å². The minimum atomic E-state index is 0.0297. The van der Waals surface area contributed by atoms with Gasteiger partial charge in [-0.05, 0) is 32.9 Å². The number of benzene rings is 1. The summed E-state index contributed by atoms with van der Waals surface area (Å²) < 4.78 is 7.37. The average Bonchev–Trinajstić information content (AvgIpc) is 2.93. The number of anilines is 1. The van der Waals surface area contributed by atoms with Gasteiger partial charge < -0.3 is 14.6 Å². The molecule has 24 heavy (non-hydrogen) atoms. The fraction of sp³-hybridized carbons (Fsp3) is 0.389. The number of aromatic nitrogens is 4. The smallest absolute Gasteiger partial charge is 0.156 e. The van der Waals surface area contributed by atoms with Crippen molar-refractivity contribution in [3.8, 4) is 0 Å². The molecule has 0 bridgehead atoms. The summed E-state index contributed by atoms with van der Waals surface area (Å²) in [5, 5.41) is 3.44. The zero-order chi connectivity index (χ0) is 17.1. The summed E-state index contributed by atoms with van der Waals surface area (Å²) in [5.41, 5.74) is 3.08.